The number of piperazine rings is 2. The Bertz CT molecular complexity index is 2650. The smallest absolute Gasteiger partial charge is 0.274 e. The maximum Gasteiger partial charge on any atom is 0.274 e. The summed E-state index contributed by atoms with van der Waals surface area (Å²) in [5, 5.41) is 14.5. The van der Waals surface area contributed by atoms with Crippen LogP contribution in [-0.4, -0.2) is 156 Å². The number of primary amides is 1. The zero-order valence-electron chi connectivity index (χ0n) is 40.4. The van der Waals surface area contributed by atoms with Gasteiger partial charge in [-0.2, -0.15) is 0 Å². The van der Waals surface area contributed by atoms with E-state index in [-0.39, 0.29) is 72.9 Å². The Kier molecular flexibility index (Phi) is 17.8. The van der Waals surface area contributed by atoms with E-state index in [4.69, 9.17) is 22.6 Å². The fraction of sp³-hybridized carbons (Fsp3) is 0.377. The second kappa shape index (κ2) is 24.5. The van der Waals surface area contributed by atoms with Gasteiger partial charge in [-0.15, -0.1) is 0 Å². The zero-order chi connectivity index (χ0) is 50.4. The minimum Gasteiger partial charge on any atom is -0.405 e. The highest BCUT2D eigenvalue weighted by atomic mass is 19.1. The van der Waals surface area contributed by atoms with Crippen molar-refractivity contribution in [1.29, 1.82) is 5.41 Å². The number of nitrogens with zero attached hydrogens (tertiary/aromatic N) is 6. The molecule has 18 heteroatoms. The van der Waals surface area contributed by atoms with E-state index in [1.165, 1.54) is 24.4 Å². The van der Waals surface area contributed by atoms with Crippen molar-refractivity contribution in [2.75, 3.05) is 96.9 Å². The molecule has 3 fully saturated rings. The Balaban J connectivity index is 0.851. The second-order valence-electron chi connectivity index (χ2n) is 18.3. The summed E-state index contributed by atoms with van der Waals surface area (Å²) in [6.07, 6.45) is 9.15. The molecule has 3 aliphatic heterocycles. The molecule has 7 rings (SSSR count). The number of nitrogens with one attached hydrogen (secondary N) is 3. The number of anilines is 1. The van der Waals surface area contributed by atoms with Crippen molar-refractivity contribution in [3.8, 4) is 11.1 Å². The Morgan fingerprint density at radius 2 is 1.44 bits per heavy atom. The summed E-state index contributed by atoms with van der Waals surface area (Å²) < 4.78 is 15.0. The molecular weight excluding hydrogens is 904 g/mol. The number of carbonyl (C=O) groups is 5. The molecule has 5 amide bonds. The van der Waals surface area contributed by atoms with E-state index in [1.807, 2.05) is 18.2 Å². The predicted molar refractivity (Wildman–Crippen MR) is 272 cm³/mol. The van der Waals surface area contributed by atoms with Crippen LogP contribution in [0.2, 0.25) is 0 Å². The summed E-state index contributed by atoms with van der Waals surface area (Å²) in [4.78, 5) is 80.4. The lowest BCUT2D eigenvalue weighted by Gasteiger charge is -2.39. The summed E-state index contributed by atoms with van der Waals surface area (Å²) in [6.45, 7) is 8.78. The van der Waals surface area contributed by atoms with Crippen LogP contribution in [0.4, 0.5) is 10.1 Å². The van der Waals surface area contributed by atoms with Crippen molar-refractivity contribution < 1.29 is 28.4 Å². The van der Waals surface area contributed by atoms with Gasteiger partial charge in [-0.3, -0.25) is 33.8 Å². The number of carbonyl (C=O) groups excluding carboxylic acids is 5. The van der Waals surface area contributed by atoms with Gasteiger partial charge in [0.2, 0.25) is 17.7 Å². The third-order valence-corrected chi connectivity index (χ3v) is 13.4. The number of aromatic nitrogens is 1. The van der Waals surface area contributed by atoms with Gasteiger partial charge in [-0.05, 0) is 97.6 Å². The SMILES string of the molecule is CCc1cccc(-c2cnc(C(=O)N3CCN(CC4CCN(CC(=O)N5CCN(C(=O)c6cc(CC(=N)c7ccccc7C(N)=O)ccc6F)CC5)CC4)CC3)c(NC(=O)CNC/C(N)=C/C=C\N)c2)c1. The topological polar surface area (TPSA) is 240 Å². The molecule has 0 atom stereocenters. The number of likely N-dealkylation sites (tertiary alicyclic amines) is 1. The summed E-state index contributed by atoms with van der Waals surface area (Å²) in [5.74, 6) is -1.91. The first-order chi connectivity index (χ1) is 34.3. The minimum atomic E-state index is -0.665. The largest absolute Gasteiger partial charge is 0.405 e. The fourth-order valence-electron chi connectivity index (χ4n) is 9.31. The first kappa shape index (κ1) is 51.6. The number of benzene rings is 3. The van der Waals surface area contributed by atoms with Crippen LogP contribution in [0.3, 0.4) is 0 Å². The lowest BCUT2D eigenvalue weighted by molar-refractivity contribution is -0.134. The van der Waals surface area contributed by atoms with Gasteiger partial charge in [0, 0.05) is 106 Å². The Hall–Kier alpha value is -7.28. The Morgan fingerprint density at radius 3 is 2.14 bits per heavy atom. The van der Waals surface area contributed by atoms with Gasteiger partial charge in [0.15, 0.2) is 5.69 Å². The van der Waals surface area contributed by atoms with E-state index >= 15 is 4.39 Å². The highest BCUT2D eigenvalue weighted by Crippen LogP contribution is 2.27. The molecule has 17 nitrogen and oxygen atoms in total. The van der Waals surface area contributed by atoms with Crippen LogP contribution < -0.4 is 27.8 Å². The van der Waals surface area contributed by atoms with Gasteiger partial charge in [0.25, 0.3) is 11.8 Å². The molecule has 374 valence electrons. The molecule has 0 saturated carbocycles. The van der Waals surface area contributed by atoms with Gasteiger partial charge in [0.1, 0.15) is 5.82 Å². The van der Waals surface area contributed by atoms with E-state index in [1.54, 1.807) is 57.3 Å². The molecule has 0 spiro atoms. The third-order valence-electron chi connectivity index (χ3n) is 13.4. The van der Waals surface area contributed by atoms with Gasteiger partial charge in [-0.1, -0.05) is 55.5 Å². The van der Waals surface area contributed by atoms with Crippen molar-refractivity contribution in [1.82, 2.24) is 34.8 Å². The van der Waals surface area contributed by atoms with Crippen LogP contribution in [-0.2, 0) is 22.4 Å². The van der Waals surface area contributed by atoms with Gasteiger partial charge in [0.05, 0.1) is 24.3 Å². The van der Waals surface area contributed by atoms with Crippen molar-refractivity contribution in [2.45, 2.75) is 32.6 Å². The van der Waals surface area contributed by atoms with Crippen LogP contribution in [0.5, 0.6) is 0 Å². The van der Waals surface area contributed by atoms with E-state index < -0.39 is 17.6 Å². The van der Waals surface area contributed by atoms with Crippen LogP contribution >= 0.6 is 0 Å². The number of piperidine rings is 1. The summed E-state index contributed by atoms with van der Waals surface area (Å²) in [6, 6.07) is 20.7. The summed E-state index contributed by atoms with van der Waals surface area (Å²) in [7, 11) is 0. The van der Waals surface area contributed by atoms with Crippen LogP contribution in [0.25, 0.3) is 11.1 Å². The first-order valence-electron chi connectivity index (χ1n) is 24.3. The fourth-order valence-corrected chi connectivity index (χ4v) is 9.31. The van der Waals surface area contributed by atoms with Gasteiger partial charge < -0.3 is 47.9 Å². The molecule has 4 aromatic rings. The standard InChI is InChI=1S/C53H65FN12O5/c1-2-36-7-5-8-39(27-36)40-30-47(61-48(67)33-59-32-41(56)9-6-16-55)50(60-31-40)53(71)66-21-19-63(20-22-66)34-37-14-17-62(18-15-37)35-49(68)64-23-25-65(26-24-64)52(70)44-28-38(12-13-45(44)54)29-46(57)42-10-3-4-11-43(42)51(58)69/h3-13,16,27-28,30-31,37,57,59H,2,14-15,17-26,29,32-35,55-56H2,1H3,(H2,58,69)(H,61,67)/b16-6-,41-9-,57-46?. The molecule has 0 radical (unpaired) electrons. The minimum absolute atomic E-state index is 0.00279. The highest BCUT2D eigenvalue weighted by Gasteiger charge is 2.31. The molecule has 0 aliphatic carbocycles. The quantitative estimate of drug-likeness (QED) is 0.0624. The van der Waals surface area contributed by atoms with Crippen LogP contribution in [0, 0.1) is 17.1 Å². The maximum atomic E-state index is 15.0. The first-order valence-corrected chi connectivity index (χ1v) is 24.3. The molecule has 0 bridgehead atoms. The molecular formula is C53H65FN12O5. The van der Waals surface area contributed by atoms with E-state index in [2.05, 4.69) is 44.5 Å². The molecule has 1 aromatic heterocycles. The molecule has 0 unspecified atom stereocenters. The molecule has 3 aliphatic rings. The van der Waals surface area contributed by atoms with Gasteiger partial charge in [-0.25, -0.2) is 9.37 Å². The van der Waals surface area contributed by atoms with Crippen molar-refractivity contribution >= 4 is 40.9 Å². The number of pyridine rings is 1. The molecule has 71 heavy (non-hydrogen) atoms. The monoisotopic (exact) mass is 969 g/mol. The van der Waals surface area contributed by atoms with Crippen LogP contribution in [0.1, 0.15) is 67.7 Å². The second-order valence-corrected chi connectivity index (χ2v) is 18.3. The number of allylic oxidation sites excluding steroid dienone is 2. The van der Waals surface area contributed by atoms with E-state index in [9.17, 15) is 24.0 Å². The normalized spacial score (nSPS) is 16.3. The number of hydrogen-bond acceptors (Lipinski definition) is 12. The number of amides is 5. The lowest BCUT2D eigenvalue weighted by Crippen LogP contribution is -2.53. The lowest BCUT2D eigenvalue weighted by atomic mass is 9.96. The van der Waals surface area contributed by atoms with Gasteiger partial charge >= 0.3 is 0 Å². The maximum absolute atomic E-state index is 15.0. The predicted octanol–water partition coefficient (Wildman–Crippen LogP) is 3.46. The number of aryl methyl sites for hydroxylation is 1. The molecule has 9 N–H and O–H groups in total. The molecule has 3 aromatic carbocycles. The van der Waals surface area contributed by atoms with E-state index in [0.29, 0.717) is 74.2 Å². The molecule has 3 saturated heterocycles. The van der Waals surface area contributed by atoms with Crippen molar-refractivity contribution in [3.63, 3.8) is 0 Å². The average Bonchev–Trinajstić information content (AvgIpc) is 3.39. The third kappa shape index (κ3) is 13.7. The van der Waals surface area contributed by atoms with Crippen LogP contribution in [0.15, 0.2) is 103 Å². The van der Waals surface area contributed by atoms with Crippen molar-refractivity contribution in [3.05, 3.63) is 142 Å². The van der Waals surface area contributed by atoms with Crippen molar-refractivity contribution in [2.24, 2.45) is 23.1 Å². The number of halogens is 1. The Morgan fingerprint density at radius 1 is 0.746 bits per heavy atom. The average molecular weight is 969 g/mol. The number of nitrogens with two attached hydrogens (primary N) is 3. The highest BCUT2D eigenvalue weighted by molar-refractivity contribution is 6.09. The number of rotatable bonds is 18. The van der Waals surface area contributed by atoms with E-state index in [0.717, 1.165) is 55.6 Å². The number of hydrogen-bond donors (Lipinski definition) is 6. The summed E-state index contributed by atoms with van der Waals surface area (Å²) in [5.41, 5.74) is 22.0. The zero-order valence-corrected chi connectivity index (χ0v) is 40.4. The summed E-state index contributed by atoms with van der Waals surface area (Å²) >= 11 is 0. The molecule has 4 heterocycles. The Labute approximate surface area is 414 Å².